The summed E-state index contributed by atoms with van der Waals surface area (Å²) < 4.78 is 0. The van der Waals surface area contributed by atoms with E-state index in [2.05, 4.69) is 6.92 Å². The summed E-state index contributed by atoms with van der Waals surface area (Å²) in [6.45, 7) is 2.15. The predicted molar refractivity (Wildman–Crippen MR) is 66.5 cm³/mol. The molecule has 1 aromatic rings. The van der Waals surface area contributed by atoms with Crippen LogP contribution >= 0.6 is 0 Å². The number of benzene rings is 1. The minimum absolute atomic E-state index is 0.347. The quantitative estimate of drug-likeness (QED) is 0.713. The summed E-state index contributed by atoms with van der Waals surface area (Å²) in [7, 11) is 0. The molecule has 5 nitrogen and oxygen atoms in total. The van der Waals surface area contributed by atoms with Crippen molar-refractivity contribution in [2.75, 3.05) is 0 Å². The van der Waals surface area contributed by atoms with Crippen molar-refractivity contribution < 1.29 is 24.9 Å². The number of carboxylic acids is 2. The lowest BCUT2D eigenvalue weighted by Gasteiger charge is -1.96. The molecule has 1 rings (SSSR count). The van der Waals surface area contributed by atoms with Crippen LogP contribution in [0.1, 0.15) is 18.9 Å². The molecule has 0 aliphatic rings. The first-order valence-electron chi connectivity index (χ1n) is 5.37. The van der Waals surface area contributed by atoms with E-state index in [1.165, 1.54) is 5.56 Å². The highest BCUT2D eigenvalue weighted by Crippen LogP contribution is 2.10. The normalized spacial score (nSPS) is 9.61. The zero-order chi connectivity index (χ0) is 14.0. The highest BCUT2D eigenvalue weighted by Gasteiger charge is 1.89. The molecule has 1 aromatic carbocycles. The number of aliphatic carboxylic acids is 2. The van der Waals surface area contributed by atoms with Crippen molar-refractivity contribution in [2.24, 2.45) is 0 Å². The molecule has 0 radical (unpaired) electrons. The lowest BCUT2D eigenvalue weighted by atomic mass is 10.1. The molecule has 0 heterocycles. The van der Waals surface area contributed by atoms with Crippen molar-refractivity contribution in [2.45, 2.75) is 19.8 Å². The number of aryl methyl sites for hydroxylation is 1. The van der Waals surface area contributed by atoms with Gasteiger partial charge in [-0.1, -0.05) is 25.5 Å². The first kappa shape index (κ1) is 15.7. The molecule has 0 spiro atoms. The minimum Gasteiger partial charge on any atom is -0.508 e. The summed E-state index contributed by atoms with van der Waals surface area (Å²) in [6, 6.07) is 7.37. The molecule has 0 aromatic heterocycles. The Morgan fingerprint density at radius 3 is 1.83 bits per heavy atom. The van der Waals surface area contributed by atoms with E-state index in [-0.39, 0.29) is 0 Å². The third-order valence-corrected chi connectivity index (χ3v) is 1.84. The molecular formula is C13H16O5. The maximum atomic E-state index is 9.55. The zero-order valence-electron chi connectivity index (χ0n) is 10.0. The summed E-state index contributed by atoms with van der Waals surface area (Å²) >= 11 is 0. The van der Waals surface area contributed by atoms with Crippen LogP contribution in [-0.4, -0.2) is 27.3 Å². The van der Waals surface area contributed by atoms with E-state index in [1.54, 1.807) is 12.1 Å². The molecule has 0 saturated carbocycles. The van der Waals surface area contributed by atoms with Crippen LogP contribution < -0.4 is 0 Å². The first-order chi connectivity index (χ1) is 8.45. The largest absolute Gasteiger partial charge is 0.508 e. The second-order valence-corrected chi connectivity index (χ2v) is 3.43. The van der Waals surface area contributed by atoms with Crippen LogP contribution in [0.4, 0.5) is 0 Å². The molecular weight excluding hydrogens is 236 g/mol. The monoisotopic (exact) mass is 252 g/mol. The van der Waals surface area contributed by atoms with Gasteiger partial charge in [0.2, 0.25) is 0 Å². The Morgan fingerprint density at radius 2 is 1.50 bits per heavy atom. The van der Waals surface area contributed by atoms with Crippen LogP contribution in [0, 0.1) is 0 Å². The molecule has 0 atom stereocenters. The standard InChI is InChI=1S/C9H12O.C4H4O4/c1-2-3-8-4-6-9(10)7-5-8;5-3(6)1-2-4(7)8/h4-7,10H,2-3H2,1H3;1-2H,(H,5,6)(H,7,8)/b;2-1+. The lowest BCUT2D eigenvalue weighted by molar-refractivity contribution is -0.134. The van der Waals surface area contributed by atoms with Gasteiger partial charge in [-0.25, -0.2) is 9.59 Å². The van der Waals surface area contributed by atoms with Gasteiger partial charge in [-0.3, -0.25) is 0 Å². The summed E-state index contributed by atoms with van der Waals surface area (Å²) in [6.07, 6.45) is 3.37. The Hall–Kier alpha value is -2.30. The zero-order valence-corrected chi connectivity index (χ0v) is 10.0. The Bertz CT molecular complexity index is 390. The van der Waals surface area contributed by atoms with Crippen LogP contribution in [0.2, 0.25) is 0 Å². The van der Waals surface area contributed by atoms with E-state index in [4.69, 9.17) is 15.3 Å². The van der Waals surface area contributed by atoms with E-state index in [1.807, 2.05) is 12.1 Å². The van der Waals surface area contributed by atoms with Gasteiger partial charge >= 0.3 is 11.9 Å². The second kappa shape index (κ2) is 8.81. The third kappa shape index (κ3) is 8.96. The number of aromatic hydroxyl groups is 1. The van der Waals surface area contributed by atoms with Crippen molar-refractivity contribution in [1.29, 1.82) is 0 Å². The third-order valence-electron chi connectivity index (χ3n) is 1.84. The summed E-state index contributed by atoms with van der Waals surface area (Å²) in [5.74, 6) is -2.17. The van der Waals surface area contributed by atoms with E-state index in [9.17, 15) is 9.59 Å². The Balaban J connectivity index is 0.000000331. The highest BCUT2D eigenvalue weighted by atomic mass is 16.4. The van der Waals surface area contributed by atoms with Gasteiger partial charge in [0.15, 0.2) is 0 Å². The summed E-state index contributed by atoms with van der Waals surface area (Å²) in [5.41, 5.74) is 1.29. The molecule has 18 heavy (non-hydrogen) atoms. The van der Waals surface area contributed by atoms with Gasteiger partial charge in [0.25, 0.3) is 0 Å². The summed E-state index contributed by atoms with van der Waals surface area (Å²) in [5, 5.41) is 24.5. The molecule has 0 fully saturated rings. The Morgan fingerprint density at radius 1 is 1.06 bits per heavy atom. The van der Waals surface area contributed by atoms with Crippen LogP contribution in [-0.2, 0) is 16.0 Å². The van der Waals surface area contributed by atoms with E-state index < -0.39 is 11.9 Å². The average molecular weight is 252 g/mol. The van der Waals surface area contributed by atoms with Gasteiger partial charge in [-0.15, -0.1) is 0 Å². The molecule has 0 aliphatic carbocycles. The van der Waals surface area contributed by atoms with Crippen LogP contribution in [0.15, 0.2) is 36.4 Å². The Labute approximate surface area is 105 Å². The molecule has 3 N–H and O–H groups in total. The van der Waals surface area contributed by atoms with Crippen LogP contribution in [0.3, 0.4) is 0 Å². The number of hydrogen-bond donors (Lipinski definition) is 3. The van der Waals surface area contributed by atoms with Crippen LogP contribution in [0.25, 0.3) is 0 Å². The maximum Gasteiger partial charge on any atom is 0.328 e. The molecule has 0 unspecified atom stereocenters. The Kier molecular flexibility index (Phi) is 7.68. The highest BCUT2D eigenvalue weighted by molar-refractivity contribution is 5.89. The SMILES string of the molecule is CCCc1ccc(O)cc1.O=C(O)/C=C/C(=O)O. The average Bonchev–Trinajstić information content (AvgIpc) is 2.31. The number of carboxylic acid groups (broad SMARTS) is 2. The van der Waals surface area contributed by atoms with E-state index >= 15 is 0 Å². The summed E-state index contributed by atoms with van der Waals surface area (Å²) in [4.78, 5) is 19.1. The van der Waals surface area contributed by atoms with Gasteiger partial charge < -0.3 is 15.3 Å². The number of rotatable bonds is 4. The lowest BCUT2D eigenvalue weighted by Crippen LogP contribution is -1.91. The van der Waals surface area contributed by atoms with Crippen LogP contribution in [0.5, 0.6) is 5.75 Å². The smallest absolute Gasteiger partial charge is 0.328 e. The molecule has 0 aliphatic heterocycles. The fourth-order valence-corrected chi connectivity index (χ4v) is 1.09. The van der Waals surface area contributed by atoms with Crippen molar-refractivity contribution >= 4 is 11.9 Å². The number of hydrogen-bond acceptors (Lipinski definition) is 3. The van der Waals surface area contributed by atoms with Gasteiger partial charge in [-0.2, -0.15) is 0 Å². The number of phenolic OH excluding ortho intramolecular Hbond substituents is 1. The van der Waals surface area contributed by atoms with Gasteiger partial charge in [0.05, 0.1) is 0 Å². The number of phenols is 1. The fourth-order valence-electron chi connectivity index (χ4n) is 1.09. The second-order valence-electron chi connectivity index (χ2n) is 3.43. The maximum absolute atomic E-state index is 9.55. The number of carbonyl (C=O) groups is 2. The first-order valence-corrected chi connectivity index (χ1v) is 5.37. The fraction of sp³-hybridized carbons (Fsp3) is 0.231. The van der Waals surface area contributed by atoms with Crippen molar-refractivity contribution in [3.05, 3.63) is 42.0 Å². The molecule has 5 heteroatoms. The predicted octanol–water partition coefficient (Wildman–Crippen LogP) is 2.06. The van der Waals surface area contributed by atoms with Crippen molar-refractivity contribution in [3.8, 4) is 5.75 Å². The van der Waals surface area contributed by atoms with Gasteiger partial charge in [0.1, 0.15) is 5.75 Å². The van der Waals surface area contributed by atoms with Gasteiger partial charge in [0, 0.05) is 12.2 Å². The van der Waals surface area contributed by atoms with E-state index in [0.29, 0.717) is 17.9 Å². The topological polar surface area (TPSA) is 94.8 Å². The van der Waals surface area contributed by atoms with E-state index in [0.717, 1.165) is 12.8 Å². The van der Waals surface area contributed by atoms with Crippen molar-refractivity contribution in [3.63, 3.8) is 0 Å². The van der Waals surface area contributed by atoms with Crippen molar-refractivity contribution in [1.82, 2.24) is 0 Å². The molecule has 0 saturated heterocycles. The molecule has 98 valence electrons. The molecule has 0 bridgehead atoms. The van der Waals surface area contributed by atoms with Gasteiger partial charge in [-0.05, 0) is 24.1 Å². The minimum atomic E-state index is -1.26. The molecule has 0 amide bonds.